The molecule has 2 fully saturated rings. The largest absolute Gasteiger partial charge is 0.299 e. The number of piperidine rings is 1. The maximum absolute atomic E-state index is 13.6. The summed E-state index contributed by atoms with van der Waals surface area (Å²) < 4.78 is 13.6. The van der Waals surface area contributed by atoms with E-state index in [1.807, 2.05) is 6.07 Å². The Balaban J connectivity index is 1.68. The molecule has 2 N–H and O–H groups in total. The number of hydrazine groups is 1. The number of halogens is 1. The van der Waals surface area contributed by atoms with Gasteiger partial charge in [-0.25, -0.2) is 4.39 Å². The lowest BCUT2D eigenvalue weighted by molar-refractivity contribution is 0.158. The van der Waals surface area contributed by atoms with E-state index in [4.69, 9.17) is 0 Å². The Morgan fingerprint density at radius 2 is 2.26 bits per heavy atom. The average Bonchev–Trinajstić information content (AvgIpc) is 3.03. The van der Waals surface area contributed by atoms with Gasteiger partial charge in [0.25, 0.3) is 0 Å². The maximum Gasteiger partial charge on any atom is 0.123 e. The van der Waals surface area contributed by atoms with Crippen LogP contribution in [-0.2, 0) is 0 Å². The van der Waals surface area contributed by atoms with Crippen LogP contribution in [0.5, 0.6) is 0 Å². The molecule has 0 saturated carbocycles. The molecule has 0 amide bonds. The SMILES string of the molecule is CC(C)=CCN1CCCC(C2NNCC2c2cccc(F)c2)C1. The fourth-order valence-corrected chi connectivity index (χ4v) is 3.89. The van der Waals surface area contributed by atoms with E-state index < -0.39 is 0 Å². The smallest absolute Gasteiger partial charge is 0.123 e. The molecule has 3 unspecified atom stereocenters. The number of likely N-dealkylation sites (tertiary alicyclic amines) is 1. The molecule has 23 heavy (non-hydrogen) atoms. The van der Waals surface area contributed by atoms with Gasteiger partial charge in [-0.15, -0.1) is 0 Å². The number of nitrogens with zero attached hydrogens (tertiary/aromatic N) is 1. The lowest BCUT2D eigenvalue weighted by Crippen LogP contribution is -2.46. The Labute approximate surface area is 138 Å². The van der Waals surface area contributed by atoms with E-state index in [2.05, 4.69) is 41.7 Å². The molecule has 0 spiro atoms. The van der Waals surface area contributed by atoms with E-state index in [1.54, 1.807) is 6.07 Å². The third kappa shape index (κ3) is 4.19. The first-order valence-corrected chi connectivity index (χ1v) is 8.73. The van der Waals surface area contributed by atoms with Crippen LogP contribution in [0.3, 0.4) is 0 Å². The molecule has 0 aliphatic carbocycles. The Hall–Kier alpha value is -1.23. The molecule has 2 heterocycles. The predicted octanol–water partition coefficient (Wildman–Crippen LogP) is 3.06. The minimum Gasteiger partial charge on any atom is -0.299 e. The summed E-state index contributed by atoms with van der Waals surface area (Å²) >= 11 is 0. The summed E-state index contributed by atoms with van der Waals surface area (Å²) in [5.41, 5.74) is 9.25. The molecule has 0 aromatic heterocycles. The summed E-state index contributed by atoms with van der Waals surface area (Å²) in [6.45, 7) is 8.54. The van der Waals surface area contributed by atoms with Gasteiger partial charge in [0.1, 0.15) is 5.82 Å². The topological polar surface area (TPSA) is 27.3 Å². The van der Waals surface area contributed by atoms with Gasteiger partial charge in [-0.3, -0.25) is 15.8 Å². The van der Waals surface area contributed by atoms with Gasteiger partial charge >= 0.3 is 0 Å². The molecule has 1 aromatic rings. The van der Waals surface area contributed by atoms with Crippen molar-refractivity contribution in [3.63, 3.8) is 0 Å². The van der Waals surface area contributed by atoms with Crippen LogP contribution in [0.25, 0.3) is 0 Å². The minimum absolute atomic E-state index is 0.137. The molecule has 2 aliphatic heterocycles. The highest BCUT2D eigenvalue weighted by molar-refractivity contribution is 5.24. The number of hydrogen-bond acceptors (Lipinski definition) is 3. The van der Waals surface area contributed by atoms with Crippen molar-refractivity contribution in [2.75, 3.05) is 26.2 Å². The van der Waals surface area contributed by atoms with Crippen LogP contribution in [0.1, 0.15) is 38.2 Å². The van der Waals surface area contributed by atoms with Gasteiger partial charge in [-0.05, 0) is 56.8 Å². The maximum atomic E-state index is 13.6. The molecule has 3 nitrogen and oxygen atoms in total. The van der Waals surface area contributed by atoms with E-state index in [0.717, 1.165) is 25.2 Å². The first-order valence-electron chi connectivity index (χ1n) is 8.73. The van der Waals surface area contributed by atoms with Crippen LogP contribution < -0.4 is 10.9 Å². The van der Waals surface area contributed by atoms with Gasteiger partial charge in [0.05, 0.1) is 0 Å². The summed E-state index contributed by atoms with van der Waals surface area (Å²) in [5, 5.41) is 0. The van der Waals surface area contributed by atoms with Crippen molar-refractivity contribution in [1.29, 1.82) is 0 Å². The zero-order valence-corrected chi connectivity index (χ0v) is 14.2. The summed E-state index contributed by atoms with van der Waals surface area (Å²) in [5.74, 6) is 0.818. The van der Waals surface area contributed by atoms with Crippen LogP contribution in [-0.4, -0.2) is 37.1 Å². The zero-order valence-electron chi connectivity index (χ0n) is 14.2. The van der Waals surface area contributed by atoms with Gasteiger partial charge in [-0.2, -0.15) is 0 Å². The molecule has 126 valence electrons. The van der Waals surface area contributed by atoms with Crippen molar-refractivity contribution < 1.29 is 4.39 Å². The minimum atomic E-state index is -0.137. The summed E-state index contributed by atoms with van der Waals surface area (Å²) in [6, 6.07) is 7.47. The molecule has 0 radical (unpaired) electrons. The normalized spacial score (nSPS) is 28.7. The Kier molecular flexibility index (Phi) is 5.46. The van der Waals surface area contributed by atoms with E-state index in [0.29, 0.717) is 17.9 Å². The van der Waals surface area contributed by atoms with E-state index >= 15 is 0 Å². The number of allylic oxidation sites excluding steroid dienone is 1. The van der Waals surface area contributed by atoms with Crippen LogP contribution >= 0.6 is 0 Å². The van der Waals surface area contributed by atoms with Gasteiger partial charge in [-0.1, -0.05) is 23.8 Å². The highest BCUT2D eigenvalue weighted by atomic mass is 19.1. The second kappa shape index (κ2) is 7.56. The summed E-state index contributed by atoms with van der Waals surface area (Å²) in [7, 11) is 0. The van der Waals surface area contributed by atoms with Crippen molar-refractivity contribution in [1.82, 2.24) is 15.8 Å². The predicted molar refractivity (Wildman–Crippen MR) is 92.7 cm³/mol. The molecule has 3 atom stereocenters. The fraction of sp³-hybridized carbons (Fsp3) is 0.579. The van der Waals surface area contributed by atoms with Gasteiger partial charge in [0.15, 0.2) is 0 Å². The van der Waals surface area contributed by atoms with E-state index in [-0.39, 0.29) is 5.82 Å². The number of hydrogen-bond donors (Lipinski definition) is 2. The zero-order chi connectivity index (χ0) is 16.2. The van der Waals surface area contributed by atoms with E-state index in [1.165, 1.54) is 31.0 Å². The van der Waals surface area contributed by atoms with Crippen molar-refractivity contribution in [2.45, 2.75) is 38.6 Å². The Bertz CT molecular complexity index is 553. The standard InChI is InChI=1S/C19H28FN3/c1-14(2)8-10-23-9-4-6-16(13-23)19-18(12-21-22-19)15-5-3-7-17(20)11-15/h3,5,7-8,11,16,18-19,21-22H,4,6,9-10,12-13H2,1-2H3. The Morgan fingerprint density at radius 3 is 3.04 bits per heavy atom. The molecule has 0 bridgehead atoms. The lowest BCUT2D eigenvalue weighted by Gasteiger charge is -2.37. The third-order valence-corrected chi connectivity index (χ3v) is 5.11. The Morgan fingerprint density at radius 1 is 1.39 bits per heavy atom. The molecule has 3 rings (SSSR count). The van der Waals surface area contributed by atoms with Gasteiger partial charge < -0.3 is 0 Å². The van der Waals surface area contributed by atoms with Crippen molar-refractivity contribution in [3.05, 3.63) is 47.3 Å². The van der Waals surface area contributed by atoms with Crippen molar-refractivity contribution >= 4 is 0 Å². The van der Waals surface area contributed by atoms with Crippen molar-refractivity contribution in [3.8, 4) is 0 Å². The van der Waals surface area contributed by atoms with E-state index in [9.17, 15) is 4.39 Å². The monoisotopic (exact) mass is 317 g/mol. The highest BCUT2D eigenvalue weighted by Gasteiger charge is 2.36. The molecule has 1 aromatic carbocycles. The molecule has 4 heteroatoms. The average molecular weight is 317 g/mol. The molecular formula is C19H28FN3. The second-order valence-electron chi connectivity index (χ2n) is 7.16. The number of benzene rings is 1. The molecule has 2 aliphatic rings. The highest BCUT2D eigenvalue weighted by Crippen LogP contribution is 2.31. The van der Waals surface area contributed by atoms with Crippen molar-refractivity contribution in [2.24, 2.45) is 5.92 Å². The molecule has 2 saturated heterocycles. The quantitative estimate of drug-likeness (QED) is 0.836. The first-order chi connectivity index (χ1) is 11.1. The lowest BCUT2D eigenvalue weighted by atomic mass is 9.81. The number of rotatable bonds is 4. The first kappa shape index (κ1) is 16.6. The van der Waals surface area contributed by atoms with Crippen LogP contribution in [0.15, 0.2) is 35.9 Å². The van der Waals surface area contributed by atoms with Crippen LogP contribution in [0, 0.1) is 11.7 Å². The third-order valence-electron chi connectivity index (χ3n) is 5.11. The second-order valence-corrected chi connectivity index (χ2v) is 7.16. The van der Waals surface area contributed by atoms with Crippen LogP contribution in [0.4, 0.5) is 4.39 Å². The van der Waals surface area contributed by atoms with Crippen LogP contribution in [0.2, 0.25) is 0 Å². The molecular weight excluding hydrogens is 289 g/mol. The summed E-state index contributed by atoms with van der Waals surface area (Å²) in [6.07, 6.45) is 4.80. The fourth-order valence-electron chi connectivity index (χ4n) is 3.89. The number of nitrogens with one attached hydrogen (secondary N) is 2. The summed E-state index contributed by atoms with van der Waals surface area (Å²) in [4.78, 5) is 2.55. The van der Waals surface area contributed by atoms with Gasteiger partial charge in [0, 0.05) is 31.6 Å². The van der Waals surface area contributed by atoms with Gasteiger partial charge in [0.2, 0.25) is 0 Å².